The first kappa shape index (κ1) is 17.6. The number of hydrogen-bond donors (Lipinski definition) is 0. The number of benzene rings is 1. The van der Waals surface area contributed by atoms with Gasteiger partial charge < -0.3 is 4.74 Å². The highest BCUT2D eigenvalue weighted by atomic mass is 19.1. The number of hydrogen-bond acceptors (Lipinski definition) is 6. The Bertz CT molecular complexity index is 1070. The third-order valence-corrected chi connectivity index (χ3v) is 4.37. The molecule has 1 aliphatic heterocycles. The van der Waals surface area contributed by atoms with E-state index in [1.165, 1.54) is 23.2 Å². The summed E-state index contributed by atoms with van der Waals surface area (Å²) < 4.78 is 21.6. The van der Waals surface area contributed by atoms with Gasteiger partial charge in [-0.05, 0) is 37.3 Å². The molecule has 1 aliphatic rings. The molecule has 1 amide bonds. The Morgan fingerprint density at radius 1 is 1.36 bits per heavy atom. The summed E-state index contributed by atoms with van der Waals surface area (Å²) in [5.74, 6) is -0.493. The topological polar surface area (TPSA) is 96.9 Å². The molecule has 0 N–H and O–H groups in total. The SMILES string of the molecule is Cc1cn(C[C@H]2CN(c3ccc(-c4ccc(C#N)nc4)c(F)c3)C(=O)O2)nn1. The number of nitriles is 1. The van der Waals surface area contributed by atoms with Gasteiger partial charge in [-0.15, -0.1) is 5.10 Å². The Balaban J connectivity index is 1.52. The summed E-state index contributed by atoms with van der Waals surface area (Å²) in [6.07, 6.45) is 2.26. The van der Waals surface area contributed by atoms with Crippen molar-refractivity contribution in [3.05, 3.63) is 59.9 Å². The standard InChI is InChI=1S/C19H15FN6O2/c1-12-9-25(24-23-12)10-16-11-26(19(27)28-16)15-4-5-17(18(20)6-15)13-2-3-14(7-21)22-8-13/h2-6,8-9,16H,10-11H2,1H3/t16-/m0/s1. The van der Waals surface area contributed by atoms with Gasteiger partial charge in [0.15, 0.2) is 0 Å². The van der Waals surface area contributed by atoms with Gasteiger partial charge in [-0.2, -0.15) is 5.26 Å². The molecular formula is C19H15FN6O2. The summed E-state index contributed by atoms with van der Waals surface area (Å²) >= 11 is 0. The summed E-state index contributed by atoms with van der Waals surface area (Å²) in [6, 6.07) is 9.59. The van der Waals surface area contributed by atoms with E-state index in [4.69, 9.17) is 10.00 Å². The van der Waals surface area contributed by atoms with Gasteiger partial charge >= 0.3 is 6.09 Å². The second kappa shape index (κ2) is 7.08. The number of amides is 1. The summed E-state index contributed by atoms with van der Waals surface area (Å²) in [5, 5.41) is 16.7. The Labute approximate surface area is 159 Å². The van der Waals surface area contributed by atoms with Gasteiger partial charge in [0.25, 0.3) is 0 Å². The molecule has 0 saturated carbocycles. The number of aryl methyl sites for hydroxylation is 1. The third-order valence-electron chi connectivity index (χ3n) is 4.37. The monoisotopic (exact) mass is 378 g/mol. The van der Waals surface area contributed by atoms with Gasteiger partial charge in [-0.1, -0.05) is 5.21 Å². The van der Waals surface area contributed by atoms with Crippen LogP contribution in [0.25, 0.3) is 11.1 Å². The fourth-order valence-electron chi connectivity index (χ4n) is 3.05. The van der Waals surface area contributed by atoms with Crippen LogP contribution in [0.5, 0.6) is 0 Å². The zero-order valence-corrected chi connectivity index (χ0v) is 14.9. The van der Waals surface area contributed by atoms with E-state index in [0.29, 0.717) is 23.4 Å². The van der Waals surface area contributed by atoms with Crippen LogP contribution in [0.3, 0.4) is 0 Å². The lowest BCUT2D eigenvalue weighted by Crippen LogP contribution is -2.26. The number of aromatic nitrogens is 4. The molecule has 8 nitrogen and oxygen atoms in total. The number of nitrogens with zero attached hydrogens (tertiary/aromatic N) is 6. The highest BCUT2D eigenvalue weighted by Crippen LogP contribution is 2.29. The second-order valence-electron chi connectivity index (χ2n) is 6.41. The predicted molar refractivity (Wildman–Crippen MR) is 96.7 cm³/mol. The van der Waals surface area contributed by atoms with E-state index in [1.807, 2.05) is 13.0 Å². The summed E-state index contributed by atoms with van der Waals surface area (Å²) in [7, 11) is 0. The molecule has 0 radical (unpaired) electrons. The smallest absolute Gasteiger partial charge is 0.414 e. The van der Waals surface area contributed by atoms with Crippen LogP contribution in [0.1, 0.15) is 11.4 Å². The predicted octanol–water partition coefficient (Wildman–Crippen LogP) is 2.68. The number of carbonyl (C=O) groups excluding carboxylic acids is 1. The molecule has 4 rings (SSSR count). The van der Waals surface area contributed by atoms with Gasteiger partial charge in [0.05, 0.1) is 24.5 Å². The Hall–Kier alpha value is -3.80. The number of pyridine rings is 1. The zero-order chi connectivity index (χ0) is 19.7. The average molecular weight is 378 g/mol. The molecule has 28 heavy (non-hydrogen) atoms. The van der Waals surface area contributed by atoms with Crippen LogP contribution in [0, 0.1) is 24.1 Å². The van der Waals surface area contributed by atoms with E-state index in [1.54, 1.807) is 29.1 Å². The van der Waals surface area contributed by atoms with Crippen molar-refractivity contribution in [2.24, 2.45) is 0 Å². The summed E-state index contributed by atoms with van der Waals surface area (Å²) in [6.45, 7) is 2.49. The van der Waals surface area contributed by atoms with Gasteiger partial charge in [-0.3, -0.25) is 4.90 Å². The van der Waals surface area contributed by atoms with Crippen LogP contribution < -0.4 is 4.90 Å². The summed E-state index contributed by atoms with van der Waals surface area (Å²) in [4.78, 5) is 17.6. The van der Waals surface area contributed by atoms with Crippen molar-refractivity contribution in [1.29, 1.82) is 5.26 Å². The van der Waals surface area contributed by atoms with Crippen molar-refractivity contribution in [1.82, 2.24) is 20.0 Å². The van der Waals surface area contributed by atoms with E-state index >= 15 is 0 Å². The largest absolute Gasteiger partial charge is 0.442 e. The summed E-state index contributed by atoms with van der Waals surface area (Å²) in [5.41, 5.74) is 2.32. The van der Waals surface area contributed by atoms with Crippen molar-refractivity contribution >= 4 is 11.8 Å². The first-order valence-corrected chi connectivity index (χ1v) is 8.54. The van der Waals surface area contributed by atoms with Crippen molar-refractivity contribution < 1.29 is 13.9 Å². The number of halogens is 1. The third kappa shape index (κ3) is 3.40. The maximum Gasteiger partial charge on any atom is 0.414 e. The van der Waals surface area contributed by atoms with E-state index in [0.717, 1.165) is 5.69 Å². The molecule has 1 fully saturated rings. The first-order valence-electron chi connectivity index (χ1n) is 8.54. The number of cyclic esters (lactones) is 1. The van der Waals surface area contributed by atoms with Crippen LogP contribution in [0.2, 0.25) is 0 Å². The lowest BCUT2D eigenvalue weighted by Gasteiger charge is -2.14. The number of ether oxygens (including phenoxy) is 1. The van der Waals surface area contributed by atoms with E-state index in [-0.39, 0.29) is 12.2 Å². The second-order valence-corrected chi connectivity index (χ2v) is 6.41. The van der Waals surface area contributed by atoms with Crippen LogP contribution in [-0.4, -0.2) is 38.7 Å². The molecule has 0 unspecified atom stereocenters. The molecule has 0 spiro atoms. The molecule has 1 atom stereocenters. The first-order chi connectivity index (χ1) is 13.5. The normalized spacial score (nSPS) is 16.1. The minimum Gasteiger partial charge on any atom is -0.442 e. The molecule has 1 saturated heterocycles. The maximum atomic E-state index is 14.7. The van der Waals surface area contributed by atoms with Crippen molar-refractivity contribution in [2.75, 3.05) is 11.4 Å². The fourth-order valence-corrected chi connectivity index (χ4v) is 3.05. The minimum atomic E-state index is -0.533. The highest BCUT2D eigenvalue weighted by Gasteiger charge is 2.33. The average Bonchev–Trinajstić information content (AvgIpc) is 3.27. The zero-order valence-electron chi connectivity index (χ0n) is 14.9. The molecule has 140 valence electrons. The van der Waals surface area contributed by atoms with Crippen molar-refractivity contribution in [3.8, 4) is 17.2 Å². The van der Waals surface area contributed by atoms with E-state index < -0.39 is 18.0 Å². The van der Waals surface area contributed by atoms with E-state index in [9.17, 15) is 9.18 Å². The molecule has 9 heteroatoms. The maximum absolute atomic E-state index is 14.7. The van der Waals surface area contributed by atoms with Gasteiger partial charge in [0.2, 0.25) is 0 Å². The number of rotatable bonds is 4. The molecular weight excluding hydrogens is 363 g/mol. The Morgan fingerprint density at radius 2 is 2.21 bits per heavy atom. The molecule has 3 aromatic rings. The quantitative estimate of drug-likeness (QED) is 0.692. The number of anilines is 1. The van der Waals surface area contributed by atoms with Gasteiger partial charge in [0.1, 0.15) is 23.7 Å². The van der Waals surface area contributed by atoms with Gasteiger partial charge in [-0.25, -0.2) is 18.9 Å². The van der Waals surface area contributed by atoms with Crippen LogP contribution >= 0.6 is 0 Å². The Kier molecular flexibility index (Phi) is 4.45. The van der Waals surface area contributed by atoms with Crippen molar-refractivity contribution in [2.45, 2.75) is 19.6 Å². The molecule has 3 heterocycles. The Morgan fingerprint density at radius 3 is 2.86 bits per heavy atom. The molecule has 0 aliphatic carbocycles. The lowest BCUT2D eigenvalue weighted by atomic mass is 10.1. The minimum absolute atomic E-state index is 0.259. The molecule has 1 aromatic carbocycles. The lowest BCUT2D eigenvalue weighted by molar-refractivity contribution is 0.129. The van der Waals surface area contributed by atoms with Crippen LogP contribution in [0.4, 0.5) is 14.9 Å². The highest BCUT2D eigenvalue weighted by molar-refractivity contribution is 5.90. The van der Waals surface area contributed by atoms with Crippen molar-refractivity contribution in [3.63, 3.8) is 0 Å². The van der Waals surface area contributed by atoms with Crippen LogP contribution in [-0.2, 0) is 11.3 Å². The number of carbonyl (C=O) groups is 1. The van der Waals surface area contributed by atoms with Gasteiger partial charge in [0, 0.05) is 23.5 Å². The molecule has 0 bridgehead atoms. The van der Waals surface area contributed by atoms with E-state index in [2.05, 4.69) is 15.3 Å². The van der Waals surface area contributed by atoms with Crippen LogP contribution in [0.15, 0.2) is 42.7 Å². The molecule has 2 aromatic heterocycles. The fraction of sp³-hybridized carbons (Fsp3) is 0.211.